The molecule has 0 saturated carbocycles. The first-order valence-electron chi connectivity index (χ1n) is 3.77. The van der Waals surface area contributed by atoms with E-state index in [0.717, 1.165) is 5.56 Å². The predicted molar refractivity (Wildman–Crippen MR) is 57.5 cm³/mol. The molecular weight excluding hydrogens is 224 g/mol. The van der Waals surface area contributed by atoms with Crippen LogP contribution >= 0.6 is 0 Å². The van der Waals surface area contributed by atoms with Gasteiger partial charge in [-0.05, 0) is 12.1 Å². The van der Waals surface area contributed by atoms with Crippen molar-refractivity contribution in [2.45, 2.75) is 5.75 Å². The lowest BCUT2D eigenvalue weighted by atomic mass is 10.2. The second-order valence-corrected chi connectivity index (χ2v) is 5.99. The van der Waals surface area contributed by atoms with Crippen molar-refractivity contribution in [3.63, 3.8) is 0 Å². The molecule has 0 radical (unpaired) electrons. The molecule has 6 heteroatoms. The number of rotatable bonds is 3. The summed E-state index contributed by atoms with van der Waals surface area (Å²) in [7, 11) is -1.58. The van der Waals surface area contributed by atoms with E-state index in [9.17, 15) is 4.21 Å². The van der Waals surface area contributed by atoms with Crippen molar-refractivity contribution >= 4 is 19.4 Å². The van der Waals surface area contributed by atoms with E-state index in [1.165, 1.54) is 0 Å². The van der Waals surface area contributed by atoms with E-state index >= 15 is 0 Å². The molecule has 1 aromatic rings. The van der Waals surface area contributed by atoms with E-state index in [-0.39, 0.29) is 5.75 Å². The van der Waals surface area contributed by atoms with E-state index < -0.39 is 9.05 Å². The number of ether oxygens (including phenoxy) is 1. The van der Waals surface area contributed by atoms with Gasteiger partial charge in [-0.1, -0.05) is 12.1 Å². The molecule has 0 spiro atoms. The van der Waals surface area contributed by atoms with Crippen LogP contribution in [0.2, 0.25) is 0 Å². The molecule has 0 aromatic heterocycles. The number of hydrogen-bond acceptors (Lipinski definition) is 2. The number of hydrogen-bond donors (Lipinski definition) is 2. The van der Waals surface area contributed by atoms with Gasteiger partial charge >= 0.3 is 9.05 Å². The molecule has 14 heavy (non-hydrogen) atoms. The molecule has 0 aliphatic heterocycles. The summed E-state index contributed by atoms with van der Waals surface area (Å²) in [6.07, 6.45) is 0. The minimum Gasteiger partial charge on any atom is -0.497 e. The fourth-order valence-corrected chi connectivity index (χ4v) is 2.25. The fraction of sp³-hybridized carbons (Fsp3) is 0.250. The first kappa shape index (κ1) is 11.4. The van der Waals surface area contributed by atoms with Crippen molar-refractivity contribution in [3.8, 4) is 5.75 Å². The minimum absolute atomic E-state index is 0.267. The smallest absolute Gasteiger partial charge is 0.430 e. The van der Waals surface area contributed by atoms with Crippen molar-refractivity contribution in [2.75, 3.05) is 7.11 Å². The van der Waals surface area contributed by atoms with Gasteiger partial charge in [-0.25, -0.2) is 0 Å². The highest BCUT2D eigenvalue weighted by Crippen LogP contribution is 2.12. The lowest BCUT2D eigenvalue weighted by Crippen LogP contribution is -1.97. The number of methoxy groups -OCH3 is 1. The van der Waals surface area contributed by atoms with Crippen LogP contribution in [0, 0.1) is 0 Å². The lowest BCUT2D eigenvalue weighted by molar-refractivity contribution is 0.414. The van der Waals surface area contributed by atoms with Crippen LogP contribution in [0.15, 0.2) is 24.3 Å². The normalized spacial score (nSPS) is 11.1. The SMILES string of the molecule is COc1cccc(C[S+]=S(=O)(O)O)c1. The van der Waals surface area contributed by atoms with Crippen LogP contribution in [0.5, 0.6) is 5.75 Å². The molecule has 0 unspecified atom stereocenters. The van der Waals surface area contributed by atoms with Crippen LogP contribution in [0.25, 0.3) is 0 Å². The second-order valence-electron chi connectivity index (χ2n) is 2.56. The zero-order chi connectivity index (χ0) is 10.6. The van der Waals surface area contributed by atoms with E-state index in [1.54, 1.807) is 31.4 Å². The Hall–Kier alpha value is -0.690. The summed E-state index contributed by atoms with van der Waals surface area (Å²) in [4.78, 5) is 0. The average Bonchev–Trinajstić information content (AvgIpc) is 2.14. The van der Waals surface area contributed by atoms with Gasteiger partial charge in [0.1, 0.15) is 5.75 Å². The summed E-state index contributed by atoms with van der Waals surface area (Å²) < 4.78 is 32.8. The van der Waals surface area contributed by atoms with Gasteiger partial charge in [-0.2, -0.15) is 4.21 Å². The number of benzene rings is 1. The maximum absolute atomic E-state index is 10.6. The molecule has 0 bridgehead atoms. The Morgan fingerprint density at radius 2 is 2.21 bits per heavy atom. The minimum atomic E-state index is -3.72. The van der Waals surface area contributed by atoms with Crippen LogP contribution in [0.4, 0.5) is 0 Å². The first-order valence-corrected chi connectivity index (χ1v) is 6.75. The standard InChI is InChI=1S/C8H10O4S2/c1-12-8-4-2-3-7(5-8)6-13-14(9,10)11/h2-5H,6H2,1H3,(H-,9,10,11)/p+1. The molecule has 0 atom stereocenters. The highest BCUT2D eigenvalue weighted by Gasteiger charge is 2.10. The Morgan fingerprint density at radius 1 is 1.50 bits per heavy atom. The summed E-state index contributed by atoms with van der Waals surface area (Å²) in [5.41, 5.74) is 0.824. The Bertz CT molecular complexity index is 413. The van der Waals surface area contributed by atoms with Crippen LogP contribution in [0.1, 0.15) is 5.56 Å². The van der Waals surface area contributed by atoms with Gasteiger partial charge in [0.05, 0.1) is 7.11 Å². The third-order valence-corrected chi connectivity index (χ3v) is 3.55. The van der Waals surface area contributed by atoms with Gasteiger partial charge in [0.2, 0.25) is 5.75 Å². The van der Waals surface area contributed by atoms with E-state index in [0.29, 0.717) is 16.1 Å². The van der Waals surface area contributed by atoms with Gasteiger partial charge in [0.15, 0.2) is 0 Å². The zero-order valence-electron chi connectivity index (χ0n) is 7.54. The molecule has 0 fully saturated rings. The molecule has 1 aromatic carbocycles. The van der Waals surface area contributed by atoms with Crippen molar-refractivity contribution in [3.05, 3.63) is 29.8 Å². The largest absolute Gasteiger partial charge is 0.497 e. The van der Waals surface area contributed by atoms with Crippen molar-refractivity contribution in [2.24, 2.45) is 0 Å². The summed E-state index contributed by atoms with van der Waals surface area (Å²) in [6.45, 7) is 0. The summed E-state index contributed by atoms with van der Waals surface area (Å²) in [5.74, 6) is 0.953. The average molecular weight is 235 g/mol. The van der Waals surface area contributed by atoms with Crippen LogP contribution in [0.3, 0.4) is 0 Å². The van der Waals surface area contributed by atoms with E-state index in [1.807, 2.05) is 0 Å². The second kappa shape index (κ2) is 4.70. The predicted octanol–water partition coefficient (Wildman–Crippen LogP) is 1.42. The Balaban J connectivity index is 2.83. The lowest BCUT2D eigenvalue weighted by Gasteiger charge is -1.98. The van der Waals surface area contributed by atoms with Crippen molar-refractivity contribution < 1.29 is 18.1 Å². The van der Waals surface area contributed by atoms with Gasteiger partial charge in [-0.3, -0.25) is 9.11 Å². The van der Waals surface area contributed by atoms with Crippen molar-refractivity contribution in [1.82, 2.24) is 0 Å². The van der Waals surface area contributed by atoms with Crippen LogP contribution < -0.4 is 4.74 Å². The van der Waals surface area contributed by atoms with Crippen LogP contribution in [-0.2, 0) is 25.1 Å². The first-order chi connectivity index (χ1) is 6.51. The third kappa shape index (κ3) is 4.01. The molecule has 0 amide bonds. The molecular formula is C8H11O4S2+. The fourth-order valence-electron chi connectivity index (χ4n) is 0.907. The molecule has 0 saturated heterocycles. The molecule has 78 valence electrons. The van der Waals surface area contributed by atoms with Gasteiger partial charge in [0, 0.05) is 5.56 Å². The topological polar surface area (TPSA) is 66.8 Å². The maximum Gasteiger partial charge on any atom is 0.430 e. The molecule has 0 heterocycles. The monoisotopic (exact) mass is 235 g/mol. The third-order valence-electron chi connectivity index (χ3n) is 1.51. The molecule has 1 rings (SSSR count). The highest BCUT2D eigenvalue weighted by molar-refractivity contribution is 8.33. The maximum atomic E-state index is 10.6. The van der Waals surface area contributed by atoms with Gasteiger partial charge < -0.3 is 4.74 Å². The van der Waals surface area contributed by atoms with E-state index in [4.69, 9.17) is 13.8 Å². The van der Waals surface area contributed by atoms with E-state index in [2.05, 4.69) is 0 Å². The highest BCUT2D eigenvalue weighted by atomic mass is 32.9. The van der Waals surface area contributed by atoms with Gasteiger partial charge in [0.25, 0.3) is 10.3 Å². The summed E-state index contributed by atoms with van der Waals surface area (Å²) in [5, 5.41) is 0. The Labute approximate surface area is 86.2 Å². The Kier molecular flexibility index (Phi) is 3.82. The zero-order valence-corrected chi connectivity index (χ0v) is 9.18. The summed E-state index contributed by atoms with van der Waals surface area (Å²) in [6, 6.07) is 7.10. The molecule has 0 aliphatic rings. The quantitative estimate of drug-likeness (QED) is 0.778. The molecule has 0 aliphatic carbocycles. The Morgan fingerprint density at radius 3 is 2.79 bits per heavy atom. The van der Waals surface area contributed by atoms with Crippen molar-refractivity contribution in [1.29, 1.82) is 0 Å². The molecule has 4 nitrogen and oxygen atoms in total. The summed E-state index contributed by atoms with van der Waals surface area (Å²) >= 11 is 0. The van der Waals surface area contributed by atoms with Gasteiger partial charge in [-0.15, -0.1) is 0 Å². The molecule has 2 N–H and O–H groups in total. The van der Waals surface area contributed by atoms with Crippen LogP contribution in [-0.4, -0.2) is 20.4 Å².